The molecule has 98 valence electrons. The molecule has 2 N–H and O–H groups in total. The van der Waals surface area contributed by atoms with Crippen LogP contribution in [0.15, 0.2) is 46.9 Å². The third-order valence-electron chi connectivity index (χ3n) is 2.61. The van der Waals surface area contributed by atoms with Crippen molar-refractivity contribution in [1.82, 2.24) is 0 Å². The summed E-state index contributed by atoms with van der Waals surface area (Å²) in [4.78, 5) is 11.0. The molecule has 0 amide bonds. The number of anilines is 1. The molecule has 0 saturated heterocycles. The normalized spacial score (nSPS) is 10.2. The molecule has 0 bridgehead atoms. The van der Waals surface area contributed by atoms with E-state index >= 15 is 0 Å². The van der Waals surface area contributed by atoms with Crippen molar-refractivity contribution in [3.05, 3.63) is 63.1 Å². The number of hydrogen-bond acceptors (Lipinski definition) is 2. The van der Waals surface area contributed by atoms with E-state index in [4.69, 9.17) is 16.7 Å². The third-order valence-corrected chi connectivity index (χ3v) is 3.46. The Morgan fingerprint density at radius 1 is 1.21 bits per heavy atom. The van der Waals surface area contributed by atoms with Crippen molar-refractivity contribution in [2.75, 3.05) is 5.32 Å². The number of rotatable bonds is 4. The van der Waals surface area contributed by atoms with E-state index in [1.807, 2.05) is 24.3 Å². The van der Waals surface area contributed by atoms with Gasteiger partial charge < -0.3 is 10.4 Å². The first-order valence-electron chi connectivity index (χ1n) is 5.57. The Hall–Kier alpha value is -1.52. The molecular weight excluding hydrogens is 330 g/mol. The molecule has 0 spiro atoms. The first-order valence-corrected chi connectivity index (χ1v) is 6.74. The lowest BCUT2D eigenvalue weighted by Crippen LogP contribution is -2.02. The van der Waals surface area contributed by atoms with E-state index in [1.165, 1.54) is 6.07 Å². The number of aromatic carboxylic acids is 1. The summed E-state index contributed by atoms with van der Waals surface area (Å²) in [5.74, 6) is -1.03. The van der Waals surface area contributed by atoms with Crippen LogP contribution in [0.5, 0.6) is 0 Å². The molecule has 0 radical (unpaired) electrons. The fourth-order valence-corrected chi connectivity index (χ4v) is 2.07. The quantitative estimate of drug-likeness (QED) is 0.866. The molecule has 0 unspecified atom stereocenters. The zero-order valence-corrected chi connectivity index (χ0v) is 12.2. The van der Waals surface area contributed by atoms with Crippen molar-refractivity contribution in [1.29, 1.82) is 0 Å². The summed E-state index contributed by atoms with van der Waals surface area (Å²) in [7, 11) is 0. The number of halogens is 2. The largest absolute Gasteiger partial charge is 0.478 e. The highest BCUT2D eigenvalue weighted by atomic mass is 79.9. The van der Waals surface area contributed by atoms with Crippen LogP contribution in [0.1, 0.15) is 15.9 Å². The Labute approximate surface area is 124 Å². The Morgan fingerprint density at radius 3 is 2.53 bits per heavy atom. The molecular formula is C14H11BrClNO2. The average molecular weight is 341 g/mol. The molecule has 0 aliphatic rings. The molecule has 0 heterocycles. The van der Waals surface area contributed by atoms with Crippen molar-refractivity contribution in [3.63, 3.8) is 0 Å². The molecule has 0 fully saturated rings. The number of carboxylic acid groups (broad SMARTS) is 1. The molecule has 0 aromatic heterocycles. The lowest BCUT2D eigenvalue weighted by atomic mass is 10.2. The van der Waals surface area contributed by atoms with Crippen molar-refractivity contribution >= 4 is 39.2 Å². The van der Waals surface area contributed by atoms with Crippen LogP contribution in [0, 0.1) is 0 Å². The van der Waals surface area contributed by atoms with E-state index in [-0.39, 0.29) is 10.6 Å². The van der Waals surface area contributed by atoms with Gasteiger partial charge >= 0.3 is 5.97 Å². The fraction of sp³-hybridized carbons (Fsp3) is 0.0714. The predicted molar refractivity (Wildman–Crippen MR) is 79.9 cm³/mol. The number of carbonyl (C=O) groups is 1. The highest BCUT2D eigenvalue weighted by Gasteiger charge is 2.09. The van der Waals surface area contributed by atoms with Gasteiger partial charge in [-0.15, -0.1) is 0 Å². The van der Waals surface area contributed by atoms with E-state index in [9.17, 15) is 4.79 Å². The zero-order valence-electron chi connectivity index (χ0n) is 9.86. The zero-order chi connectivity index (χ0) is 13.8. The topological polar surface area (TPSA) is 49.3 Å². The smallest absolute Gasteiger partial charge is 0.337 e. The Balaban J connectivity index is 2.09. The van der Waals surface area contributed by atoms with Gasteiger partial charge in [-0.1, -0.05) is 39.7 Å². The lowest BCUT2D eigenvalue weighted by molar-refractivity contribution is 0.0697. The third kappa shape index (κ3) is 3.72. The van der Waals surface area contributed by atoms with Crippen LogP contribution in [-0.2, 0) is 6.54 Å². The van der Waals surface area contributed by atoms with Crippen molar-refractivity contribution in [3.8, 4) is 0 Å². The van der Waals surface area contributed by atoms with Crippen LogP contribution >= 0.6 is 27.5 Å². The monoisotopic (exact) mass is 339 g/mol. The van der Waals surface area contributed by atoms with Crippen LogP contribution in [0.25, 0.3) is 0 Å². The second-order valence-corrected chi connectivity index (χ2v) is 5.30. The van der Waals surface area contributed by atoms with Gasteiger partial charge in [-0.25, -0.2) is 4.79 Å². The summed E-state index contributed by atoms with van der Waals surface area (Å²) in [5.41, 5.74) is 1.93. The highest BCUT2D eigenvalue weighted by Crippen LogP contribution is 2.21. The van der Waals surface area contributed by atoms with Gasteiger partial charge in [0.2, 0.25) is 0 Å². The van der Waals surface area contributed by atoms with Crippen molar-refractivity contribution in [2.45, 2.75) is 6.54 Å². The minimum atomic E-state index is -1.03. The molecule has 19 heavy (non-hydrogen) atoms. The molecule has 0 atom stereocenters. The standard InChI is InChI=1S/C14H11BrClNO2/c15-10-3-1-9(2-4-10)8-17-11-5-6-13(16)12(7-11)14(18)19/h1-7,17H,8H2,(H,18,19). The Morgan fingerprint density at radius 2 is 1.89 bits per heavy atom. The second-order valence-electron chi connectivity index (χ2n) is 3.98. The summed E-state index contributed by atoms with van der Waals surface area (Å²) in [6.45, 7) is 0.619. The van der Waals surface area contributed by atoms with Gasteiger partial charge in [-0.2, -0.15) is 0 Å². The van der Waals surface area contributed by atoms with Crippen LogP contribution in [-0.4, -0.2) is 11.1 Å². The maximum atomic E-state index is 11.0. The van der Waals surface area contributed by atoms with E-state index < -0.39 is 5.97 Å². The molecule has 2 aromatic carbocycles. The van der Waals surface area contributed by atoms with E-state index in [0.717, 1.165) is 15.7 Å². The minimum Gasteiger partial charge on any atom is -0.478 e. The first-order chi connectivity index (χ1) is 9.06. The second kappa shape index (κ2) is 6.08. The summed E-state index contributed by atoms with van der Waals surface area (Å²) in [5, 5.41) is 12.4. The van der Waals surface area contributed by atoms with Gasteiger partial charge in [-0.3, -0.25) is 0 Å². The number of carboxylic acids is 1. The highest BCUT2D eigenvalue weighted by molar-refractivity contribution is 9.10. The molecule has 2 rings (SSSR count). The van der Waals surface area contributed by atoms with Crippen LogP contribution < -0.4 is 5.32 Å². The van der Waals surface area contributed by atoms with Crippen LogP contribution in [0.4, 0.5) is 5.69 Å². The molecule has 0 saturated carbocycles. The van der Waals surface area contributed by atoms with Gasteiger partial charge in [-0.05, 0) is 35.9 Å². The molecule has 2 aromatic rings. The Bertz CT molecular complexity index is 599. The van der Waals surface area contributed by atoms with Gasteiger partial charge in [0, 0.05) is 16.7 Å². The van der Waals surface area contributed by atoms with E-state index in [0.29, 0.717) is 6.54 Å². The van der Waals surface area contributed by atoms with E-state index in [1.54, 1.807) is 12.1 Å². The van der Waals surface area contributed by atoms with Gasteiger partial charge in [0.05, 0.1) is 10.6 Å². The summed E-state index contributed by atoms with van der Waals surface area (Å²) in [6.07, 6.45) is 0. The molecule has 0 aliphatic carbocycles. The maximum absolute atomic E-state index is 11.0. The molecule has 0 aliphatic heterocycles. The number of hydrogen-bond donors (Lipinski definition) is 2. The predicted octanol–water partition coefficient (Wildman–Crippen LogP) is 4.41. The summed E-state index contributed by atoms with van der Waals surface area (Å²) >= 11 is 9.19. The van der Waals surface area contributed by atoms with Crippen LogP contribution in [0.2, 0.25) is 5.02 Å². The van der Waals surface area contributed by atoms with Crippen molar-refractivity contribution in [2.24, 2.45) is 0 Å². The minimum absolute atomic E-state index is 0.0995. The van der Waals surface area contributed by atoms with Crippen LogP contribution in [0.3, 0.4) is 0 Å². The van der Waals surface area contributed by atoms with Gasteiger partial charge in [0.15, 0.2) is 0 Å². The van der Waals surface area contributed by atoms with E-state index in [2.05, 4.69) is 21.2 Å². The first kappa shape index (κ1) is 13.9. The van der Waals surface area contributed by atoms with Crippen molar-refractivity contribution < 1.29 is 9.90 Å². The fourth-order valence-electron chi connectivity index (χ4n) is 1.61. The maximum Gasteiger partial charge on any atom is 0.337 e. The SMILES string of the molecule is O=C(O)c1cc(NCc2ccc(Br)cc2)ccc1Cl. The van der Waals surface area contributed by atoms with Gasteiger partial charge in [0.1, 0.15) is 0 Å². The summed E-state index contributed by atoms with van der Waals surface area (Å²) in [6, 6.07) is 12.8. The summed E-state index contributed by atoms with van der Waals surface area (Å²) < 4.78 is 1.02. The molecule has 5 heteroatoms. The Kier molecular flexibility index (Phi) is 4.45. The average Bonchev–Trinajstić information content (AvgIpc) is 2.39. The van der Waals surface area contributed by atoms with Gasteiger partial charge in [0.25, 0.3) is 0 Å². The lowest BCUT2D eigenvalue weighted by Gasteiger charge is -2.08. The number of nitrogens with one attached hydrogen (secondary N) is 1. The molecule has 3 nitrogen and oxygen atoms in total. The number of benzene rings is 2.